The highest BCUT2D eigenvalue weighted by Gasteiger charge is 2.56. The molecule has 1 amide bonds. The van der Waals surface area contributed by atoms with E-state index in [1.807, 2.05) is 54.3 Å². The topological polar surface area (TPSA) is 117 Å². The zero-order valence-electron chi connectivity index (χ0n) is 27.3. The molecule has 2 bridgehead atoms. The maximum absolute atomic E-state index is 14.0. The number of piperazine rings is 1. The quantitative estimate of drug-likeness (QED) is 0.202. The highest BCUT2D eigenvalue weighted by molar-refractivity contribution is 9.10. The van der Waals surface area contributed by atoms with Crippen molar-refractivity contribution in [2.75, 3.05) is 18.4 Å². The van der Waals surface area contributed by atoms with Gasteiger partial charge in [-0.3, -0.25) is 19.1 Å². The van der Waals surface area contributed by atoms with Crippen LogP contribution in [0.25, 0.3) is 22.4 Å². The van der Waals surface area contributed by atoms with Crippen molar-refractivity contribution in [1.29, 1.82) is 0 Å². The van der Waals surface area contributed by atoms with Crippen molar-refractivity contribution < 1.29 is 4.79 Å². The van der Waals surface area contributed by atoms with Gasteiger partial charge in [0.1, 0.15) is 5.69 Å². The minimum atomic E-state index is -0.132. The average Bonchev–Trinajstić information content (AvgIpc) is 3.05. The normalized spacial score (nSPS) is 25.3. The number of benzene rings is 2. The lowest BCUT2D eigenvalue weighted by atomic mass is 9.45. The molecule has 1 saturated heterocycles. The Labute approximate surface area is 283 Å². The summed E-state index contributed by atoms with van der Waals surface area (Å²) in [4.78, 5) is 47.7. The van der Waals surface area contributed by atoms with Gasteiger partial charge in [0.25, 0.3) is 5.56 Å². The first-order chi connectivity index (χ1) is 22.6. The smallest absolute Gasteiger partial charge is 0.261 e. The second-order valence-electron chi connectivity index (χ2n) is 14.0. The molecule has 0 unspecified atom stereocenters. The molecule has 10 nitrogen and oxygen atoms in total. The molecular weight excluding hydrogens is 656 g/mol. The molecule has 4 fully saturated rings. The first kappa shape index (κ1) is 31.5. The summed E-state index contributed by atoms with van der Waals surface area (Å²) in [5.74, 6) is 2.91. The Morgan fingerprint density at radius 1 is 1.11 bits per heavy atom. The van der Waals surface area contributed by atoms with Crippen molar-refractivity contribution >= 4 is 44.4 Å². The molecule has 11 heteroatoms. The van der Waals surface area contributed by atoms with E-state index in [-0.39, 0.29) is 30.1 Å². The summed E-state index contributed by atoms with van der Waals surface area (Å²) >= 11 is 3.49. The van der Waals surface area contributed by atoms with Crippen molar-refractivity contribution in [3.05, 3.63) is 81.4 Å². The summed E-state index contributed by atoms with van der Waals surface area (Å²) in [5.41, 5.74) is 3.18. The van der Waals surface area contributed by atoms with Crippen LogP contribution in [0.1, 0.15) is 46.1 Å². The number of amides is 1. The van der Waals surface area contributed by atoms with Crippen LogP contribution in [0.15, 0.2) is 75.3 Å². The van der Waals surface area contributed by atoms with Gasteiger partial charge in [-0.1, -0.05) is 48.8 Å². The second kappa shape index (κ2) is 12.5. The van der Waals surface area contributed by atoms with E-state index < -0.39 is 0 Å². The number of rotatable bonds is 6. The van der Waals surface area contributed by atoms with Gasteiger partial charge in [0.15, 0.2) is 11.8 Å². The molecule has 2 aromatic carbocycles. The van der Waals surface area contributed by atoms with Crippen LogP contribution in [0.3, 0.4) is 0 Å². The van der Waals surface area contributed by atoms with Crippen LogP contribution in [-0.2, 0) is 17.8 Å². The van der Waals surface area contributed by atoms with Gasteiger partial charge in [0.05, 0.1) is 29.7 Å². The third-order valence-electron chi connectivity index (χ3n) is 10.7. The van der Waals surface area contributed by atoms with Crippen LogP contribution < -0.4 is 16.2 Å². The monoisotopic (exact) mass is 696 g/mol. The molecule has 4 aromatic rings. The minimum Gasteiger partial charge on any atom is -0.350 e. The number of anilines is 1. The summed E-state index contributed by atoms with van der Waals surface area (Å²) in [5, 5.41) is 7.10. The fourth-order valence-corrected chi connectivity index (χ4v) is 8.14. The SMILES string of the molecule is C[C@H]1[C@@H](N=C(Nc2ccc3c(=O)n(CCc4ccc(Br)cc4)c(-c4cnccn4)nc3c2)N2CC(=O)N[C@@H](C)C2)C[C@@H]2C[C@@H]1C2(C)C. The Morgan fingerprint density at radius 3 is 2.62 bits per heavy atom. The number of hydrogen-bond acceptors (Lipinski definition) is 6. The van der Waals surface area contributed by atoms with E-state index >= 15 is 0 Å². The van der Waals surface area contributed by atoms with Crippen LogP contribution >= 0.6 is 15.9 Å². The number of nitrogens with zero attached hydrogens (tertiary/aromatic N) is 6. The van der Waals surface area contributed by atoms with Crippen LogP contribution in [0, 0.1) is 23.2 Å². The van der Waals surface area contributed by atoms with Crippen LogP contribution in [0.4, 0.5) is 5.69 Å². The summed E-state index contributed by atoms with van der Waals surface area (Å²) in [7, 11) is 0. The maximum Gasteiger partial charge on any atom is 0.261 e. The van der Waals surface area contributed by atoms with Crippen molar-refractivity contribution in [2.24, 2.45) is 28.2 Å². The van der Waals surface area contributed by atoms with E-state index in [2.05, 4.69) is 57.3 Å². The number of aromatic nitrogens is 4. The Morgan fingerprint density at radius 2 is 1.91 bits per heavy atom. The van der Waals surface area contributed by atoms with Gasteiger partial charge in [-0.2, -0.15) is 0 Å². The lowest BCUT2D eigenvalue weighted by Gasteiger charge is -2.61. The Hall–Kier alpha value is -4.12. The number of hydrogen-bond donors (Lipinski definition) is 2. The van der Waals surface area contributed by atoms with Crippen molar-refractivity contribution in [1.82, 2.24) is 29.7 Å². The van der Waals surface area contributed by atoms with Crippen LogP contribution in [0.2, 0.25) is 0 Å². The molecule has 47 heavy (non-hydrogen) atoms. The van der Waals surface area contributed by atoms with E-state index in [9.17, 15) is 9.59 Å². The molecule has 3 heterocycles. The zero-order valence-corrected chi connectivity index (χ0v) is 28.9. The van der Waals surface area contributed by atoms with E-state index in [1.165, 1.54) is 6.42 Å². The molecular formula is C36H41BrN8O2. The third kappa shape index (κ3) is 6.17. The molecule has 2 aromatic heterocycles. The molecule has 244 valence electrons. The summed E-state index contributed by atoms with van der Waals surface area (Å²) in [6.07, 6.45) is 7.84. The van der Waals surface area contributed by atoms with E-state index in [1.54, 1.807) is 23.2 Å². The number of carbonyl (C=O) groups excluding carboxylic acids is 1. The maximum atomic E-state index is 14.0. The average molecular weight is 698 g/mol. The Bertz CT molecular complexity index is 1890. The zero-order chi connectivity index (χ0) is 32.9. The van der Waals surface area contributed by atoms with Crippen molar-refractivity contribution in [3.8, 4) is 11.5 Å². The molecule has 2 N–H and O–H groups in total. The van der Waals surface area contributed by atoms with Gasteiger partial charge in [0.2, 0.25) is 5.91 Å². The minimum absolute atomic E-state index is 0.00283. The standard InChI is InChI=1S/C36H41BrN8O2/c1-21-19-44(20-32(46)40-21)35(43-29-16-24-15-28(22(29)2)36(24,3)4)41-26-9-10-27-30(17-26)42-33(31-18-38-12-13-39-31)45(34(27)47)14-11-23-5-7-25(37)8-6-23/h5-10,12-13,17-18,21-22,24,28-29H,11,14-16,19-20H2,1-4H3,(H,40,46)(H,41,43)/t21-,22+,24-,28-,29-/m0/s1. The molecule has 8 rings (SSSR count). The number of halogens is 1. The molecule has 5 atom stereocenters. The van der Waals surface area contributed by atoms with E-state index in [4.69, 9.17) is 9.98 Å². The number of nitrogens with one attached hydrogen (secondary N) is 2. The third-order valence-corrected chi connectivity index (χ3v) is 11.2. The van der Waals surface area contributed by atoms with Gasteiger partial charge < -0.3 is 15.5 Å². The van der Waals surface area contributed by atoms with E-state index in [0.717, 1.165) is 22.1 Å². The first-order valence-corrected chi connectivity index (χ1v) is 17.3. The largest absolute Gasteiger partial charge is 0.350 e. The highest BCUT2D eigenvalue weighted by atomic mass is 79.9. The number of carbonyl (C=O) groups is 1. The summed E-state index contributed by atoms with van der Waals surface area (Å²) in [6.45, 7) is 10.5. The van der Waals surface area contributed by atoms with Gasteiger partial charge >= 0.3 is 0 Å². The van der Waals surface area contributed by atoms with Crippen LogP contribution in [-0.4, -0.2) is 61.5 Å². The lowest BCUT2D eigenvalue weighted by Crippen LogP contribution is -2.58. The van der Waals surface area contributed by atoms with Gasteiger partial charge in [-0.15, -0.1) is 0 Å². The van der Waals surface area contributed by atoms with E-state index in [0.29, 0.717) is 71.1 Å². The molecule has 0 radical (unpaired) electrons. The molecule has 0 spiro atoms. The Kier molecular flexibility index (Phi) is 8.36. The molecule has 1 aliphatic heterocycles. The lowest BCUT2D eigenvalue weighted by molar-refractivity contribution is -0.124. The summed E-state index contributed by atoms with van der Waals surface area (Å²) < 4.78 is 2.70. The number of aliphatic imine (C=N–C) groups is 1. The first-order valence-electron chi connectivity index (χ1n) is 16.5. The second-order valence-corrected chi connectivity index (χ2v) is 15.0. The number of aryl methyl sites for hydroxylation is 1. The number of guanidine groups is 1. The van der Waals surface area contributed by atoms with Gasteiger partial charge in [-0.25, -0.2) is 15.0 Å². The summed E-state index contributed by atoms with van der Waals surface area (Å²) in [6, 6.07) is 13.9. The highest BCUT2D eigenvalue weighted by Crippen LogP contribution is 2.61. The molecule has 4 aliphatic rings. The van der Waals surface area contributed by atoms with Gasteiger partial charge in [-0.05, 0) is 85.3 Å². The molecule has 3 saturated carbocycles. The fraction of sp³-hybridized carbons (Fsp3) is 0.444. The number of fused-ring (bicyclic) bond motifs is 3. The van der Waals surface area contributed by atoms with Crippen molar-refractivity contribution in [2.45, 2.75) is 65.6 Å². The predicted molar refractivity (Wildman–Crippen MR) is 188 cm³/mol. The molecule has 3 aliphatic carbocycles. The van der Waals surface area contributed by atoms with Crippen molar-refractivity contribution in [3.63, 3.8) is 0 Å². The van der Waals surface area contributed by atoms with Gasteiger partial charge in [0, 0.05) is 41.7 Å². The predicted octanol–water partition coefficient (Wildman–Crippen LogP) is 5.52. The Balaban J connectivity index is 1.24. The fourth-order valence-electron chi connectivity index (χ4n) is 7.88. The van der Waals surface area contributed by atoms with Crippen LogP contribution in [0.5, 0.6) is 0 Å².